The van der Waals surface area contributed by atoms with Crippen molar-refractivity contribution in [3.63, 3.8) is 0 Å². The van der Waals surface area contributed by atoms with E-state index in [1.165, 1.54) is 0 Å². The average Bonchev–Trinajstić information content (AvgIpc) is 2.29. The van der Waals surface area contributed by atoms with E-state index in [2.05, 4.69) is 5.32 Å². The van der Waals surface area contributed by atoms with Crippen LogP contribution in [0.15, 0.2) is 30.3 Å². The Labute approximate surface area is 95.4 Å². The van der Waals surface area contributed by atoms with E-state index in [-0.39, 0.29) is 12.1 Å². The highest BCUT2D eigenvalue weighted by Gasteiger charge is 2.42. The predicted molar refractivity (Wildman–Crippen MR) is 61.1 cm³/mol. The van der Waals surface area contributed by atoms with Crippen LogP contribution in [0.1, 0.15) is 18.4 Å². The summed E-state index contributed by atoms with van der Waals surface area (Å²) in [5.74, 6) is 0. The van der Waals surface area contributed by atoms with Crippen molar-refractivity contribution in [3.8, 4) is 0 Å². The number of fused-ring (bicyclic) bond motifs is 2. The second-order valence-corrected chi connectivity index (χ2v) is 4.90. The Kier molecular flexibility index (Phi) is 2.46. The van der Waals surface area contributed by atoms with Crippen molar-refractivity contribution in [2.45, 2.75) is 30.5 Å². The Morgan fingerprint density at radius 3 is 2.38 bits per heavy atom. The molecule has 2 N–H and O–H groups in total. The van der Waals surface area contributed by atoms with Crippen molar-refractivity contribution < 1.29 is 9.84 Å². The van der Waals surface area contributed by atoms with Crippen LogP contribution in [0.3, 0.4) is 0 Å². The number of benzene rings is 1. The largest absolute Gasteiger partial charge is 0.385 e. The minimum atomic E-state index is -0.675. The lowest BCUT2D eigenvalue weighted by atomic mass is 9.78. The summed E-state index contributed by atoms with van der Waals surface area (Å²) in [7, 11) is 0. The third-order valence-electron chi connectivity index (χ3n) is 3.59. The molecule has 0 saturated carbocycles. The van der Waals surface area contributed by atoms with Crippen LogP contribution in [0.25, 0.3) is 0 Å². The maximum atomic E-state index is 10.8. The van der Waals surface area contributed by atoms with E-state index in [9.17, 15) is 5.11 Å². The summed E-state index contributed by atoms with van der Waals surface area (Å²) in [5.41, 5.74) is 0.361. The number of piperidine rings is 1. The number of nitrogens with one attached hydrogen (secondary N) is 1. The van der Waals surface area contributed by atoms with Gasteiger partial charge in [-0.3, -0.25) is 0 Å². The minimum absolute atomic E-state index is 0.290. The molecule has 0 aliphatic carbocycles. The fourth-order valence-corrected chi connectivity index (χ4v) is 2.90. The standard InChI is InChI=1S/C13H17NO2/c15-13(10-4-2-1-3-5-10)6-11-8-16-9-12(7-13)14-11/h1-5,11-12,14-15H,6-9H2. The second kappa shape index (κ2) is 3.84. The topological polar surface area (TPSA) is 41.5 Å². The predicted octanol–water partition coefficient (Wildman–Crippen LogP) is 1.02. The highest BCUT2D eigenvalue weighted by Crippen LogP contribution is 2.36. The van der Waals surface area contributed by atoms with Crippen molar-refractivity contribution in [2.75, 3.05) is 13.2 Å². The van der Waals surface area contributed by atoms with E-state index in [0.29, 0.717) is 13.2 Å². The molecule has 2 unspecified atom stereocenters. The smallest absolute Gasteiger partial charge is 0.0927 e. The first-order chi connectivity index (χ1) is 7.76. The van der Waals surface area contributed by atoms with Crippen LogP contribution >= 0.6 is 0 Å². The normalized spacial score (nSPS) is 38.3. The van der Waals surface area contributed by atoms with E-state index in [4.69, 9.17) is 4.74 Å². The number of rotatable bonds is 1. The van der Waals surface area contributed by atoms with Crippen LogP contribution in [-0.2, 0) is 10.3 Å². The van der Waals surface area contributed by atoms with Crippen molar-refractivity contribution in [3.05, 3.63) is 35.9 Å². The lowest BCUT2D eigenvalue weighted by molar-refractivity contribution is -0.0802. The zero-order chi connectivity index (χ0) is 11.0. The molecule has 2 atom stereocenters. The Hall–Kier alpha value is -0.900. The van der Waals surface area contributed by atoms with E-state index < -0.39 is 5.60 Å². The molecule has 3 nitrogen and oxygen atoms in total. The summed E-state index contributed by atoms with van der Waals surface area (Å²) < 4.78 is 5.49. The average molecular weight is 219 g/mol. The molecule has 16 heavy (non-hydrogen) atoms. The van der Waals surface area contributed by atoms with Crippen LogP contribution in [-0.4, -0.2) is 30.4 Å². The summed E-state index contributed by atoms with van der Waals surface area (Å²) in [6.45, 7) is 1.43. The molecule has 0 spiro atoms. The van der Waals surface area contributed by atoms with Crippen molar-refractivity contribution in [1.82, 2.24) is 5.32 Å². The maximum Gasteiger partial charge on any atom is 0.0927 e. The zero-order valence-corrected chi connectivity index (χ0v) is 9.23. The molecule has 1 aromatic carbocycles. The van der Waals surface area contributed by atoms with Gasteiger partial charge in [-0.2, -0.15) is 0 Å². The van der Waals surface area contributed by atoms with Gasteiger partial charge in [-0.05, 0) is 18.4 Å². The van der Waals surface area contributed by atoms with Gasteiger partial charge in [0.1, 0.15) is 0 Å². The monoisotopic (exact) mass is 219 g/mol. The molecular weight excluding hydrogens is 202 g/mol. The molecule has 0 aromatic heterocycles. The molecule has 2 saturated heterocycles. The molecule has 0 radical (unpaired) electrons. The van der Waals surface area contributed by atoms with Gasteiger partial charge in [0.2, 0.25) is 0 Å². The summed E-state index contributed by atoms with van der Waals surface area (Å²) in [6.07, 6.45) is 1.49. The first kappa shape index (κ1) is 10.3. The molecule has 3 rings (SSSR count). The van der Waals surface area contributed by atoms with Crippen molar-refractivity contribution in [1.29, 1.82) is 0 Å². The van der Waals surface area contributed by atoms with Gasteiger partial charge >= 0.3 is 0 Å². The van der Waals surface area contributed by atoms with Gasteiger partial charge in [-0.1, -0.05) is 30.3 Å². The van der Waals surface area contributed by atoms with Gasteiger partial charge < -0.3 is 15.2 Å². The number of aliphatic hydroxyl groups is 1. The number of morpholine rings is 1. The van der Waals surface area contributed by atoms with Crippen molar-refractivity contribution in [2.24, 2.45) is 0 Å². The Morgan fingerprint density at radius 1 is 1.12 bits per heavy atom. The molecule has 2 fully saturated rings. The number of hydrogen-bond acceptors (Lipinski definition) is 3. The lowest BCUT2D eigenvalue weighted by Gasteiger charge is -2.45. The highest BCUT2D eigenvalue weighted by atomic mass is 16.5. The second-order valence-electron chi connectivity index (χ2n) is 4.90. The Bertz CT molecular complexity index is 353. The summed E-state index contributed by atoms with van der Waals surface area (Å²) in [4.78, 5) is 0. The molecule has 2 aliphatic rings. The molecule has 3 heteroatoms. The first-order valence-corrected chi connectivity index (χ1v) is 5.88. The fourth-order valence-electron chi connectivity index (χ4n) is 2.90. The quantitative estimate of drug-likeness (QED) is 0.741. The molecular formula is C13H17NO2. The van der Waals surface area contributed by atoms with E-state index >= 15 is 0 Å². The van der Waals surface area contributed by atoms with Crippen LogP contribution in [0, 0.1) is 0 Å². The molecule has 2 heterocycles. The molecule has 2 bridgehead atoms. The SMILES string of the molecule is OC1(c2ccccc2)CC2COCC(C1)N2. The van der Waals surface area contributed by atoms with Gasteiger partial charge in [0.15, 0.2) is 0 Å². The van der Waals surface area contributed by atoms with Crippen LogP contribution in [0.5, 0.6) is 0 Å². The van der Waals surface area contributed by atoms with Gasteiger partial charge in [0, 0.05) is 12.1 Å². The van der Waals surface area contributed by atoms with Crippen LogP contribution < -0.4 is 5.32 Å². The van der Waals surface area contributed by atoms with E-state index in [1.54, 1.807) is 0 Å². The van der Waals surface area contributed by atoms with Gasteiger partial charge in [-0.25, -0.2) is 0 Å². The Balaban J connectivity index is 1.88. The van der Waals surface area contributed by atoms with Gasteiger partial charge in [0.25, 0.3) is 0 Å². The van der Waals surface area contributed by atoms with E-state index in [1.807, 2.05) is 30.3 Å². The zero-order valence-electron chi connectivity index (χ0n) is 9.23. The Morgan fingerprint density at radius 2 is 1.75 bits per heavy atom. The number of ether oxygens (including phenoxy) is 1. The van der Waals surface area contributed by atoms with E-state index in [0.717, 1.165) is 18.4 Å². The molecule has 86 valence electrons. The maximum absolute atomic E-state index is 10.8. The summed E-state index contributed by atoms with van der Waals surface area (Å²) in [6, 6.07) is 10.6. The minimum Gasteiger partial charge on any atom is -0.385 e. The third-order valence-corrected chi connectivity index (χ3v) is 3.59. The fraction of sp³-hybridized carbons (Fsp3) is 0.538. The molecule has 0 amide bonds. The molecule has 1 aromatic rings. The van der Waals surface area contributed by atoms with Crippen LogP contribution in [0.4, 0.5) is 0 Å². The highest BCUT2D eigenvalue weighted by molar-refractivity contribution is 5.24. The summed E-state index contributed by atoms with van der Waals surface area (Å²) >= 11 is 0. The lowest BCUT2D eigenvalue weighted by Crippen LogP contribution is -2.58. The summed E-state index contributed by atoms with van der Waals surface area (Å²) in [5, 5.41) is 14.2. The van der Waals surface area contributed by atoms with Crippen LogP contribution in [0.2, 0.25) is 0 Å². The third kappa shape index (κ3) is 1.75. The van der Waals surface area contributed by atoms with Crippen molar-refractivity contribution >= 4 is 0 Å². The number of hydrogen-bond donors (Lipinski definition) is 2. The first-order valence-electron chi connectivity index (χ1n) is 5.88. The van der Waals surface area contributed by atoms with Gasteiger partial charge in [0.05, 0.1) is 18.8 Å². The van der Waals surface area contributed by atoms with Gasteiger partial charge in [-0.15, -0.1) is 0 Å². The molecule has 2 aliphatic heterocycles.